The first-order valence-electron chi connectivity index (χ1n) is 8.14. The molecule has 0 aromatic carbocycles. The number of hydrogen-bond donors (Lipinski definition) is 2. The number of carboxylic acids is 1. The van der Waals surface area contributed by atoms with Crippen LogP contribution in [0.25, 0.3) is 0 Å². The number of aromatic nitrogens is 1. The molecule has 0 radical (unpaired) electrons. The highest BCUT2D eigenvalue weighted by Crippen LogP contribution is 2.03. The molecule has 0 aliphatic carbocycles. The number of hydrogen-bond acceptors (Lipinski definition) is 3. The Morgan fingerprint density at radius 1 is 1.30 bits per heavy atom. The van der Waals surface area contributed by atoms with Crippen molar-refractivity contribution in [1.29, 1.82) is 0 Å². The average molecular weight is 322 g/mol. The van der Waals surface area contributed by atoms with Gasteiger partial charge in [0.15, 0.2) is 0 Å². The van der Waals surface area contributed by atoms with E-state index in [4.69, 9.17) is 5.11 Å². The minimum absolute atomic E-state index is 0.0116. The van der Waals surface area contributed by atoms with Crippen molar-refractivity contribution < 1.29 is 14.7 Å². The summed E-state index contributed by atoms with van der Waals surface area (Å²) in [5.74, 6) is -1.23. The van der Waals surface area contributed by atoms with Crippen molar-refractivity contribution in [2.24, 2.45) is 0 Å². The van der Waals surface area contributed by atoms with Crippen LogP contribution in [0.3, 0.4) is 0 Å². The fourth-order valence-corrected chi connectivity index (χ4v) is 2.33. The topological polar surface area (TPSA) is 88.4 Å². The van der Waals surface area contributed by atoms with Crippen LogP contribution in [0.2, 0.25) is 0 Å². The predicted octanol–water partition coefficient (Wildman–Crippen LogP) is 2.09. The number of carboxylic acid groups (broad SMARTS) is 1. The van der Waals surface area contributed by atoms with Gasteiger partial charge in [-0.25, -0.2) is 4.79 Å². The summed E-state index contributed by atoms with van der Waals surface area (Å²) in [4.78, 5) is 34.7. The summed E-state index contributed by atoms with van der Waals surface area (Å²) in [5, 5.41) is 11.6. The zero-order chi connectivity index (χ0) is 17.2. The van der Waals surface area contributed by atoms with Gasteiger partial charge in [-0.2, -0.15) is 0 Å². The lowest BCUT2D eigenvalue weighted by Crippen LogP contribution is -2.40. The summed E-state index contributed by atoms with van der Waals surface area (Å²) >= 11 is 0. The molecular formula is C17H26N2O4. The fourth-order valence-electron chi connectivity index (χ4n) is 2.33. The quantitative estimate of drug-likeness (QED) is 0.646. The Morgan fingerprint density at radius 3 is 2.70 bits per heavy atom. The Labute approximate surface area is 136 Å². The number of nitrogens with one attached hydrogen (secondary N) is 1. The van der Waals surface area contributed by atoms with Crippen LogP contribution in [0.15, 0.2) is 23.1 Å². The molecule has 1 aromatic rings. The molecule has 0 aliphatic rings. The number of amides is 1. The Hall–Kier alpha value is -2.11. The molecule has 6 heteroatoms. The van der Waals surface area contributed by atoms with Gasteiger partial charge >= 0.3 is 5.97 Å². The number of rotatable bonds is 10. The third-order valence-electron chi connectivity index (χ3n) is 3.74. The second kappa shape index (κ2) is 9.82. The Morgan fingerprint density at radius 2 is 2.04 bits per heavy atom. The van der Waals surface area contributed by atoms with Gasteiger partial charge in [0.05, 0.1) is 0 Å². The third kappa shape index (κ3) is 6.67. The van der Waals surface area contributed by atoms with Gasteiger partial charge in [0.25, 0.3) is 5.56 Å². The lowest BCUT2D eigenvalue weighted by Gasteiger charge is -2.14. The van der Waals surface area contributed by atoms with Crippen LogP contribution < -0.4 is 10.9 Å². The monoisotopic (exact) mass is 322 g/mol. The number of nitrogens with zero attached hydrogens (tertiary/aromatic N) is 1. The predicted molar refractivity (Wildman–Crippen MR) is 88.4 cm³/mol. The molecule has 128 valence electrons. The minimum atomic E-state index is -0.988. The molecule has 0 saturated carbocycles. The van der Waals surface area contributed by atoms with E-state index in [1.54, 1.807) is 23.8 Å². The van der Waals surface area contributed by atoms with E-state index < -0.39 is 12.0 Å². The molecule has 23 heavy (non-hydrogen) atoms. The lowest BCUT2D eigenvalue weighted by atomic mass is 10.1. The van der Waals surface area contributed by atoms with Crippen molar-refractivity contribution >= 4 is 11.9 Å². The zero-order valence-corrected chi connectivity index (χ0v) is 13.9. The molecule has 0 saturated heterocycles. The summed E-state index contributed by atoms with van der Waals surface area (Å²) < 4.78 is 1.63. The Balaban J connectivity index is 2.34. The largest absolute Gasteiger partial charge is 0.480 e. The summed E-state index contributed by atoms with van der Waals surface area (Å²) in [6.07, 6.45) is 5.45. The van der Waals surface area contributed by atoms with E-state index in [1.807, 2.05) is 13.0 Å². The van der Waals surface area contributed by atoms with Crippen LogP contribution in [-0.2, 0) is 16.1 Å². The van der Waals surface area contributed by atoms with Gasteiger partial charge in [-0.05, 0) is 32.3 Å². The first-order valence-corrected chi connectivity index (χ1v) is 8.14. The maximum atomic E-state index is 11.8. The number of aryl methyl sites for hydroxylation is 2. The SMILES string of the molecule is CCCCC(NC(=O)CCCCn1cccc(C)c1=O)C(=O)O. The van der Waals surface area contributed by atoms with E-state index in [0.717, 1.165) is 12.8 Å². The molecule has 1 rings (SSSR count). The minimum Gasteiger partial charge on any atom is -0.480 e. The molecule has 0 bridgehead atoms. The standard InChI is InChI=1S/C17H26N2O4/c1-3-4-9-14(17(22)23)18-15(20)10-5-6-11-19-12-7-8-13(2)16(19)21/h7-8,12,14H,3-6,9-11H2,1-2H3,(H,18,20)(H,22,23). The van der Waals surface area contributed by atoms with Crippen molar-refractivity contribution in [2.75, 3.05) is 0 Å². The van der Waals surface area contributed by atoms with Gasteiger partial charge in [-0.15, -0.1) is 0 Å². The Bertz CT molecular complexity index is 580. The van der Waals surface area contributed by atoms with E-state index in [9.17, 15) is 14.4 Å². The van der Waals surface area contributed by atoms with Crippen molar-refractivity contribution in [2.45, 2.75) is 65.0 Å². The second-order valence-electron chi connectivity index (χ2n) is 5.75. The normalized spacial score (nSPS) is 11.9. The molecule has 0 fully saturated rings. The molecule has 1 amide bonds. The van der Waals surface area contributed by atoms with Gasteiger partial charge in [0.1, 0.15) is 6.04 Å². The highest BCUT2D eigenvalue weighted by atomic mass is 16.4. The number of aliphatic carboxylic acids is 1. The van der Waals surface area contributed by atoms with E-state index in [1.165, 1.54) is 0 Å². The molecule has 1 atom stereocenters. The number of carbonyl (C=O) groups excluding carboxylic acids is 1. The first-order chi connectivity index (χ1) is 11.0. The van der Waals surface area contributed by atoms with E-state index in [2.05, 4.69) is 5.32 Å². The van der Waals surface area contributed by atoms with Gasteiger partial charge in [-0.3, -0.25) is 9.59 Å². The van der Waals surface area contributed by atoms with Crippen LogP contribution in [0.5, 0.6) is 0 Å². The molecule has 1 heterocycles. The van der Waals surface area contributed by atoms with Gasteiger partial charge in [0, 0.05) is 24.7 Å². The van der Waals surface area contributed by atoms with Crippen molar-refractivity contribution in [3.63, 3.8) is 0 Å². The zero-order valence-electron chi connectivity index (χ0n) is 13.9. The summed E-state index contributed by atoms with van der Waals surface area (Å²) in [6, 6.07) is 2.80. The van der Waals surface area contributed by atoms with Gasteiger partial charge < -0.3 is 15.0 Å². The summed E-state index contributed by atoms with van der Waals surface area (Å²) in [6.45, 7) is 4.31. The van der Waals surface area contributed by atoms with Crippen LogP contribution in [0.1, 0.15) is 51.0 Å². The van der Waals surface area contributed by atoms with Crippen LogP contribution in [-0.4, -0.2) is 27.6 Å². The highest BCUT2D eigenvalue weighted by Gasteiger charge is 2.18. The second-order valence-corrected chi connectivity index (χ2v) is 5.75. The highest BCUT2D eigenvalue weighted by molar-refractivity contribution is 5.83. The van der Waals surface area contributed by atoms with E-state index in [0.29, 0.717) is 31.4 Å². The fraction of sp³-hybridized carbons (Fsp3) is 0.588. The lowest BCUT2D eigenvalue weighted by molar-refractivity contribution is -0.142. The average Bonchev–Trinajstić information content (AvgIpc) is 2.51. The smallest absolute Gasteiger partial charge is 0.326 e. The maximum absolute atomic E-state index is 11.8. The molecular weight excluding hydrogens is 296 g/mol. The summed E-state index contributed by atoms with van der Waals surface area (Å²) in [7, 11) is 0. The number of pyridine rings is 1. The van der Waals surface area contributed by atoms with E-state index in [-0.39, 0.29) is 17.9 Å². The van der Waals surface area contributed by atoms with Crippen LogP contribution in [0, 0.1) is 6.92 Å². The van der Waals surface area contributed by atoms with Crippen LogP contribution >= 0.6 is 0 Å². The van der Waals surface area contributed by atoms with Gasteiger partial charge in [0.2, 0.25) is 5.91 Å². The molecule has 2 N–H and O–H groups in total. The number of carbonyl (C=O) groups is 2. The van der Waals surface area contributed by atoms with Crippen molar-refractivity contribution in [1.82, 2.24) is 9.88 Å². The molecule has 0 spiro atoms. The van der Waals surface area contributed by atoms with Gasteiger partial charge in [-0.1, -0.05) is 25.8 Å². The molecule has 6 nitrogen and oxygen atoms in total. The van der Waals surface area contributed by atoms with Crippen molar-refractivity contribution in [3.8, 4) is 0 Å². The molecule has 1 aromatic heterocycles. The summed E-state index contributed by atoms with van der Waals surface area (Å²) in [5.41, 5.74) is 0.688. The van der Waals surface area contributed by atoms with Crippen molar-refractivity contribution in [3.05, 3.63) is 34.2 Å². The molecule has 1 unspecified atom stereocenters. The first kappa shape index (κ1) is 18.9. The third-order valence-corrected chi connectivity index (χ3v) is 3.74. The van der Waals surface area contributed by atoms with E-state index >= 15 is 0 Å². The number of unbranched alkanes of at least 4 members (excludes halogenated alkanes) is 2. The Kier molecular flexibility index (Phi) is 8.08. The molecule has 0 aliphatic heterocycles. The maximum Gasteiger partial charge on any atom is 0.326 e. The van der Waals surface area contributed by atoms with Crippen LogP contribution in [0.4, 0.5) is 0 Å².